The van der Waals surface area contributed by atoms with Crippen LogP contribution in [0.15, 0.2) is 48.5 Å². The summed E-state index contributed by atoms with van der Waals surface area (Å²) in [5.74, 6) is 0. The Morgan fingerprint density at radius 2 is 1.60 bits per heavy atom. The van der Waals surface area contributed by atoms with E-state index in [0.29, 0.717) is 0 Å². The van der Waals surface area contributed by atoms with Crippen LogP contribution in [0, 0.1) is 5.41 Å². The summed E-state index contributed by atoms with van der Waals surface area (Å²) < 4.78 is 5.94. The number of fused-ring (bicyclic) bond motifs is 3. The van der Waals surface area contributed by atoms with Crippen molar-refractivity contribution in [1.82, 2.24) is 4.90 Å². The van der Waals surface area contributed by atoms with E-state index in [0.717, 1.165) is 48.1 Å². The summed E-state index contributed by atoms with van der Waals surface area (Å²) in [5.41, 5.74) is 10.9. The predicted octanol–water partition coefficient (Wildman–Crippen LogP) is 3.71. The molecule has 4 aliphatic rings. The summed E-state index contributed by atoms with van der Waals surface area (Å²) in [6, 6.07) is 16.3. The molecule has 2 N–H and O–H groups in total. The lowest BCUT2D eigenvalue weighted by Gasteiger charge is -2.69. The van der Waals surface area contributed by atoms with Gasteiger partial charge in [0.05, 0.1) is 0 Å². The maximum absolute atomic E-state index is 12.7. The molecule has 0 aliphatic heterocycles. The second-order valence-corrected chi connectivity index (χ2v) is 8.19. The van der Waals surface area contributed by atoms with Crippen molar-refractivity contribution in [2.45, 2.75) is 30.9 Å². The summed E-state index contributed by atoms with van der Waals surface area (Å²) in [6.07, 6.45) is 2.52. The summed E-state index contributed by atoms with van der Waals surface area (Å²) in [7, 11) is 1.83. The van der Waals surface area contributed by atoms with Gasteiger partial charge in [-0.2, -0.15) is 0 Å². The van der Waals surface area contributed by atoms with Crippen molar-refractivity contribution >= 4 is 6.09 Å². The first kappa shape index (κ1) is 15.0. The summed E-state index contributed by atoms with van der Waals surface area (Å²) in [6.45, 7) is 0.737. The number of benzene rings is 2. The maximum Gasteiger partial charge on any atom is 0.410 e. The lowest BCUT2D eigenvalue weighted by atomic mass is 9.40. The fourth-order valence-electron chi connectivity index (χ4n) is 5.25. The van der Waals surface area contributed by atoms with Crippen LogP contribution >= 0.6 is 0 Å². The number of amides is 1. The van der Waals surface area contributed by atoms with Crippen LogP contribution in [0.5, 0.6) is 0 Å². The Balaban J connectivity index is 1.36. The van der Waals surface area contributed by atoms with Gasteiger partial charge in [0, 0.05) is 30.3 Å². The average Bonchev–Trinajstić information content (AvgIpc) is 2.87. The summed E-state index contributed by atoms with van der Waals surface area (Å²) in [5, 5.41) is 0. The maximum atomic E-state index is 12.7. The fourth-order valence-corrected chi connectivity index (χ4v) is 5.25. The summed E-state index contributed by atoms with van der Waals surface area (Å²) >= 11 is 0. The molecule has 1 amide bonds. The van der Waals surface area contributed by atoms with Crippen molar-refractivity contribution in [2.24, 2.45) is 11.1 Å². The van der Waals surface area contributed by atoms with E-state index in [2.05, 4.69) is 12.1 Å². The van der Waals surface area contributed by atoms with Crippen LogP contribution in [0.3, 0.4) is 0 Å². The van der Waals surface area contributed by atoms with Gasteiger partial charge in [0.1, 0.15) is 0 Å². The fraction of sp³-hybridized carbons (Fsp3) is 0.381. The van der Waals surface area contributed by atoms with E-state index in [4.69, 9.17) is 10.5 Å². The third kappa shape index (κ3) is 2.13. The normalized spacial score (nSPS) is 28.4. The van der Waals surface area contributed by atoms with Crippen LogP contribution in [0.4, 0.5) is 4.79 Å². The molecule has 6 rings (SSSR count). The molecule has 0 atom stereocenters. The number of hydrogen-bond acceptors (Lipinski definition) is 3. The largest absolute Gasteiger partial charge is 0.436 e. The highest BCUT2D eigenvalue weighted by Gasteiger charge is 2.66. The van der Waals surface area contributed by atoms with Gasteiger partial charge in [0.2, 0.25) is 0 Å². The highest BCUT2D eigenvalue weighted by atomic mass is 16.6. The second kappa shape index (κ2) is 4.85. The molecule has 25 heavy (non-hydrogen) atoms. The topological polar surface area (TPSA) is 55.6 Å². The zero-order valence-corrected chi connectivity index (χ0v) is 14.4. The van der Waals surface area contributed by atoms with Crippen molar-refractivity contribution in [3.8, 4) is 11.1 Å². The zero-order valence-electron chi connectivity index (χ0n) is 14.4. The Morgan fingerprint density at radius 3 is 2.12 bits per heavy atom. The summed E-state index contributed by atoms with van der Waals surface area (Å²) in [4.78, 5) is 14.4. The van der Waals surface area contributed by atoms with E-state index < -0.39 is 0 Å². The standard InChI is InChI=1S/C21H22N2O2/c1-23(13-20-10-21(22,11-20)12-20)19(24)25-18-16-8-4-2-6-14(16)15-7-3-5-9-17(15)18/h2-9,18H,10-13,22H2,1H3. The Morgan fingerprint density at radius 1 is 1.08 bits per heavy atom. The van der Waals surface area contributed by atoms with Crippen LogP contribution < -0.4 is 5.73 Å². The molecule has 0 unspecified atom stereocenters. The van der Waals surface area contributed by atoms with E-state index in [1.54, 1.807) is 4.90 Å². The Hall–Kier alpha value is -2.33. The van der Waals surface area contributed by atoms with Crippen LogP contribution in [0.2, 0.25) is 0 Å². The first-order valence-corrected chi connectivity index (χ1v) is 8.88. The highest BCUT2D eigenvalue weighted by Crippen LogP contribution is 2.65. The molecule has 4 aliphatic carbocycles. The quantitative estimate of drug-likeness (QED) is 0.931. The second-order valence-electron chi connectivity index (χ2n) is 8.19. The van der Waals surface area contributed by atoms with Gasteiger partial charge in [-0.1, -0.05) is 48.5 Å². The Bertz CT molecular complexity index is 810. The third-order valence-electron chi connectivity index (χ3n) is 6.06. The molecular formula is C21H22N2O2. The van der Waals surface area contributed by atoms with Crippen molar-refractivity contribution in [1.29, 1.82) is 0 Å². The molecule has 2 aromatic rings. The van der Waals surface area contributed by atoms with Crippen molar-refractivity contribution in [3.05, 3.63) is 59.7 Å². The van der Waals surface area contributed by atoms with Gasteiger partial charge < -0.3 is 15.4 Å². The SMILES string of the molecule is CN(CC12CC(N)(C1)C2)C(=O)OC1c2ccccc2-c2ccccc21. The molecule has 2 bridgehead atoms. The number of carbonyl (C=O) groups is 1. The molecule has 0 spiro atoms. The Kier molecular flexibility index (Phi) is 2.91. The van der Waals surface area contributed by atoms with Gasteiger partial charge in [0.15, 0.2) is 6.10 Å². The molecular weight excluding hydrogens is 312 g/mol. The lowest BCUT2D eigenvalue weighted by Crippen LogP contribution is -2.74. The van der Waals surface area contributed by atoms with Crippen molar-refractivity contribution in [2.75, 3.05) is 13.6 Å². The number of carbonyl (C=O) groups excluding carboxylic acids is 1. The minimum absolute atomic E-state index is 0.0636. The molecule has 128 valence electrons. The average molecular weight is 334 g/mol. The first-order chi connectivity index (χ1) is 12.0. The predicted molar refractivity (Wildman–Crippen MR) is 96.0 cm³/mol. The first-order valence-electron chi connectivity index (χ1n) is 8.88. The van der Waals surface area contributed by atoms with Crippen molar-refractivity contribution in [3.63, 3.8) is 0 Å². The minimum Gasteiger partial charge on any atom is -0.436 e. The molecule has 4 nitrogen and oxygen atoms in total. The van der Waals surface area contributed by atoms with E-state index in [-0.39, 0.29) is 23.2 Å². The van der Waals surface area contributed by atoms with Crippen LogP contribution in [-0.2, 0) is 4.74 Å². The highest BCUT2D eigenvalue weighted by molar-refractivity contribution is 5.79. The molecule has 0 heterocycles. The smallest absolute Gasteiger partial charge is 0.410 e. The number of nitrogens with zero attached hydrogens (tertiary/aromatic N) is 1. The van der Waals surface area contributed by atoms with Gasteiger partial charge >= 0.3 is 6.09 Å². The molecule has 0 saturated heterocycles. The number of hydrogen-bond donors (Lipinski definition) is 1. The van der Waals surface area contributed by atoms with Crippen molar-refractivity contribution < 1.29 is 9.53 Å². The number of ether oxygens (including phenoxy) is 1. The van der Waals surface area contributed by atoms with Gasteiger partial charge in [-0.15, -0.1) is 0 Å². The monoisotopic (exact) mass is 334 g/mol. The van der Waals surface area contributed by atoms with Gasteiger partial charge in [0.25, 0.3) is 0 Å². The number of nitrogens with two attached hydrogens (primary N) is 1. The molecule has 0 radical (unpaired) electrons. The van der Waals surface area contributed by atoms with Crippen LogP contribution in [0.1, 0.15) is 36.5 Å². The zero-order chi connectivity index (χ0) is 17.2. The minimum atomic E-state index is -0.323. The van der Waals surface area contributed by atoms with Crippen LogP contribution in [0.25, 0.3) is 11.1 Å². The Labute approximate surface area is 147 Å². The molecule has 3 saturated carbocycles. The van der Waals surface area contributed by atoms with Crippen LogP contribution in [-0.4, -0.2) is 30.1 Å². The number of rotatable bonds is 3. The molecule has 3 fully saturated rings. The van der Waals surface area contributed by atoms with E-state index in [1.165, 1.54) is 0 Å². The van der Waals surface area contributed by atoms with Gasteiger partial charge in [-0.05, 0) is 35.8 Å². The molecule has 0 aromatic heterocycles. The van der Waals surface area contributed by atoms with Gasteiger partial charge in [-0.25, -0.2) is 4.79 Å². The van der Waals surface area contributed by atoms with E-state index in [9.17, 15) is 4.79 Å². The molecule has 2 aromatic carbocycles. The van der Waals surface area contributed by atoms with Gasteiger partial charge in [-0.3, -0.25) is 0 Å². The third-order valence-corrected chi connectivity index (χ3v) is 6.06. The van der Waals surface area contributed by atoms with E-state index in [1.807, 2.05) is 43.4 Å². The van der Waals surface area contributed by atoms with E-state index >= 15 is 0 Å². The molecule has 4 heteroatoms. The lowest BCUT2D eigenvalue weighted by molar-refractivity contribution is -0.141.